The van der Waals surface area contributed by atoms with E-state index < -0.39 is 5.97 Å². The number of nitrogens with zero attached hydrogens (tertiary/aromatic N) is 4. The number of fused-ring (bicyclic) bond motifs is 1. The zero-order valence-electron chi connectivity index (χ0n) is 14.8. The summed E-state index contributed by atoms with van der Waals surface area (Å²) in [4.78, 5) is 32.5. The first-order valence-electron chi connectivity index (χ1n) is 8.81. The van der Waals surface area contributed by atoms with Crippen LogP contribution in [-0.4, -0.2) is 38.1 Å². The maximum Gasteiger partial charge on any atom is 0.378 e. The van der Waals surface area contributed by atoms with E-state index in [1.807, 2.05) is 37.3 Å². The van der Waals surface area contributed by atoms with E-state index in [1.165, 1.54) is 4.52 Å². The average molecular weight is 365 g/mol. The molecule has 0 aliphatic heterocycles. The molecule has 0 spiro atoms. The fourth-order valence-corrected chi connectivity index (χ4v) is 2.97. The highest BCUT2D eigenvalue weighted by Crippen LogP contribution is 2.40. The number of ether oxygens (including phenoxy) is 1. The van der Waals surface area contributed by atoms with Gasteiger partial charge in [-0.2, -0.15) is 4.98 Å². The van der Waals surface area contributed by atoms with Crippen LogP contribution in [0.25, 0.3) is 5.78 Å². The minimum absolute atomic E-state index is 0.0578. The Bertz CT molecular complexity index is 981. The molecule has 27 heavy (non-hydrogen) atoms. The van der Waals surface area contributed by atoms with Gasteiger partial charge in [0.25, 0.3) is 17.5 Å². The highest BCUT2D eigenvalue weighted by Gasteiger charge is 2.33. The standard InChI is InChI=1S/C19H19N5O3/c1-12-9-10-20-19-22-17(23-24(12)19)18(26)27-11-15(25)21-16(14-7-8-14)13-5-3-2-4-6-13/h2-6,9-10,14,16H,7-8,11H2,1H3,(H,21,25). The Balaban J connectivity index is 1.38. The Morgan fingerprint density at radius 3 is 2.74 bits per heavy atom. The van der Waals surface area contributed by atoms with Gasteiger partial charge in [0.15, 0.2) is 6.61 Å². The van der Waals surface area contributed by atoms with Gasteiger partial charge in [-0.25, -0.2) is 14.3 Å². The lowest BCUT2D eigenvalue weighted by molar-refractivity contribution is -0.125. The summed E-state index contributed by atoms with van der Waals surface area (Å²) in [6, 6.07) is 11.5. The summed E-state index contributed by atoms with van der Waals surface area (Å²) >= 11 is 0. The first-order chi connectivity index (χ1) is 13.1. The lowest BCUT2D eigenvalue weighted by atomic mass is 10.0. The maximum atomic E-state index is 12.3. The van der Waals surface area contributed by atoms with E-state index in [-0.39, 0.29) is 24.4 Å². The van der Waals surface area contributed by atoms with Crippen LogP contribution >= 0.6 is 0 Å². The summed E-state index contributed by atoms with van der Waals surface area (Å²) in [5.74, 6) is -0.475. The predicted molar refractivity (Wildman–Crippen MR) is 95.9 cm³/mol. The zero-order chi connectivity index (χ0) is 18.8. The number of aryl methyl sites for hydroxylation is 1. The van der Waals surface area contributed by atoms with Crippen LogP contribution in [0, 0.1) is 12.8 Å². The molecule has 1 amide bonds. The van der Waals surface area contributed by atoms with E-state index in [1.54, 1.807) is 12.3 Å². The number of nitrogens with one attached hydrogen (secondary N) is 1. The minimum Gasteiger partial charge on any atom is -0.450 e. The van der Waals surface area contributed by atoms with Gasteiger partial charge in [0, 0.05) is 11.9 Å². The second-order valence-corrected chi connectivity index (χ2v) is 6.60. The van der Waals surface area contributed by atoms with Crippen molar-refractivity contribution in [1.29, 1.82) is 0 Å². The topological polar surface area (TPSA) is 98.5 Å². The van der Waals surface area contributed by atoms with Gasteiger partial charge in [-0.3, -0.25) is 4.79 Å². The lowest BCUT2D eigenvalue weighted by Crippen LogP contribution is -2.33. The fourth-order valence-electron chi connectivity index (χ4n) is 2.97. The lowest BCUT2D eigenvalue weighted by Gasteiger charge is -2.18. The van der Waals surface area contributed by atoms with Crippen molar-refractivity contribution in [3.63, 3.8) is 0 Å². The summed E-state index contributed by atoms with van der Waals surface area (Å²) in [6.45, 7) is 1.45. The van der Waals surface area contributed by atoms with Gasteiger partial charge in [-0.1, -0.05) is 30.3 Å². The first kappa shape index (κ1) is 17.1. The van der Waals surface area contributed by atoms with E-state index >= 15 is 0 Å². The van der Waals surface area contributed by atoms with E-state index in [9.17, 15) is 9.59 Å². The largest absolute Gasteiger partial charge is 0.450 e. The van der Waals surface area contributed by atoms with Crippen LogP contribution in [0.1, 0.15) is 40.8 Å². The Morgan fingerprint density at radius 2 is 2.04 bits per heavy atom. The van der Waals surface area contributed by atoms with Gasteiger partial charge in [0.1, 0.15) is 0 Å². The number of hydrogen-bond acceptors (Lipinski definition) is 6. The molecule has 1 fully saturated rings. The third kappa shape index (κ3) is 3.79. The highest BCUT2D eigenvalue weighted by atomic mass is 16.5. The molecule has 1 N–H and O–H groups in total. The van der Waals surface area contributed by atoms with Crippen LogP contribution in [0.15, 0.2) is 42.6 Å². The zero-order valence-corrected chi connectivity index (χ0v) is 14.8. The molecule has 0 bridgehead atoms. The summed E-state index contributed by atoms with van der Waals surface area (Å²) in [7, 11) is 0. The molecule has 1 unspecified atom stereocenters. The summed E-state index contributed by atoms with van der Waals surface area (Å²) in [5, 5.41) is 7.04. The van der Waals surface area contributed by atoms with Crippen LogP contribution in [-0.2, 0) is 9.53 Å². The molecule has 8 heteroatoms. The maximum absolute atomic E-state index is 12.3. The number of amides is 1. The number of benzene rings is 1. The molecule has 1 atom stereocenters. The van der Waals surface area contributed by atoms with Crippen molar-refractivity contribution in [2.75, 3.05) is 6.61 Å². The number of rotatable bonds is 6. The third-order valence-corrected chi connectivity index (χ3v) is 4.52. The molecular weight excluding hydrogens is 346 g/mol. The quantitative estimate of drug-likeness (QED) is 0.670. The van der Waals surface area contributed by atoms with Crippen LogP contribution in [0.2, 0.25) is 0 Å². The number of esters is 1. The van der Waals surface area contributed by atoms with Gasteiger partial charge in [-0.05, 0) is 37.3 Å². The SMILES string of the molecule is Cc1ccnc2nc(C(=O)OCC(=O)NC(c3ccccc3)C3CC3)nn12. The van der Waals surface area contributed by atoms with Crippen molar-refractivity contribution in [3.05, 3.63) is 59.7 Å². The second-order valence-electron chi connectivity index (χ2n) is 6.60. The molecule has 3 aromatic rings. The molecule has 1 aromatic carbocycles. The summed E-state index contributed by atoms with van der Waals surface area (Å²) in [5.41, 5.74) is 1.85. The molecule has 1 saturated carbocycles. The molecule has 0 saturated heterocycles. The number of carbonyl (C=O) groups is 2. The number of carbonyl (C=O) groups excluding carboxylic acids is 2. The Hall–Kier alpha value is -3.29. The van der Waals surface area contributed by atoms with Crippen molar-refractivity contribution >= 4 is 17.7 Å². The van der Waals surface area contributed by atoms with Crippen molar-refractivity contribution in [1.82, 2.24) is 24.9 Å². The summed E-state index contributed by atoms with van der Waals surface area (Å²) < 4.78 is 6.53. The molecule has 1 aliphatic rings. The molecule has 8 nitrogen and oxygen atoms in total. The average Bonchev–Trinajstić information content (AvgIpc) is 3.42. The molecular formula is C19H19N5O3. The normalized spacial score (nSPS) is 14.7. The third-order valence-electron chi connectivity index (χ3n) is 4.52. The second kappa shape index (κ2) is 7.14. The van der Waals surface area contributed by atoms with Gasteiger partial charge in [-0.15, -0.1) is 5.10 Å². The van der Waals surface area contributed by atoms with E-state index in [0.717, 1.165) is 24.1 Å². The van der Waals surface area contributed by atoms with Crippen molar-refractivity contribution in [2.24, 2.45) is 5.92 Å². The molecule has 2 aromatic heterocycles. The first-order valence-corrected chi connectivity index (χ1v) is 8.81. The summed E-state index contributed by atoms with van der Waals surface area (Å²) in [6.07, 6.45) is 3.75. The monoisotopic (exact) mass is 365 g/mol. The predicted octanol–water partition coefficient (Wildman–Crippen LogP) is 1.86. The van der Waals surface area contributed by atoms with Gasteiger partial charge >= 0.3 is 5.97 Å². The van der Waals surface area contributed by atoms with Crippen LogP contribution in [0.4, 0.5) is 0 Å². The van der Waals surface area contributed by atoms with E-state index in [0.29, 0.717) is 11.7 Å². The molecule has 0 radical (unpaired) electrons. The Labute approximate surface area is 155 Å². The highest BCUT2D eigenvalue weighted by molar-refractivity contribution is 5.88. The van der Waals surface area contributed by atoms with Crippen LogP contribution in [0.5, 0.6) is 0 Å². The van der Waals surface area contributed by atoms with Gasteiger partial charge < -0.3 is 10.1 Å². The number of aromatic nitrogens is 4. The van der Waals surface area contributed by atoms with E-state index in [2.05, 4.69) is 20.4 Å². The van der Waals surface area contributed by atoms with Gasteiger partial charge in [0.05, 0.1) is 6.04 Å². The van der Waals surface area contributed by atoms with Crippen molar-refractivity contribution in [3.8, 4) is 0 Å². The molecule has 4 rings (SSSR count). The molecule has 138 valence electrons. The molecule has 1 aliphatic carbocycles. The van der Waals surface area contributed by atoms with Crippen molar-refractivity contribution < 1.29 is 14.3 Å². The number of hydrogen-bond donors (Lipinski definition) is 1. The molecule has 2 heterocycles. The van der Waals surface area contributed by atoms with Crippen LogP contribution in [0.3, 0.4) is 0 Å². The Kier molecular flexibility index (Phi) is 4.53. The fraction of sp³-hybridized carbons (Fsp3) is 0.316. The van der Waals surface area contributed by atoms with Crippen molar-refractivity contribution in [2.45, 2.75) is 25.8 Å². The van der Waals surface area contributed by atoms with Gasteiger partial charge in [0.2, 0.25) is 0 Å². The Morgan fingerprint density at radius 1 is 1.26 bits per heavy atom. The minimum atomic E-state index is -0.752. The van der Waals surface area contributed by atoms with Crippen LogP contribution < -0.4 is 5.32 Å². The smallest absolute Gasteiger partial charge is 0.378 e. The van der Waals surface area contributed by atoms with E-state index in [4.69, 9.17) is 4.74 Å².